The summed E-state index contributed by atoms with van der Waals surface area (Å²) in [5, 5.41) is 18.4. The van der Waals surface area contributed by atoms with Crippen molar-refractivity contribution in [1.29, 1.82) is 5.26 Å². The number of aromatic nitrogens is 3. The summed E-state index contributed by atoms with van der Waals surface area (Å²) in [5.74, 6) is 0.353. The Kier molecular flexibility index (Phi) is 7.63. The highest BCUT2D eigenvalue weighted by Gasteiger charge is 2.27. The van der Waals surface area contributed by atoms with Crippen LogP contribution in [0.25, 0.3) is 11.0 Å². The predicted octanol–water partition coefficient (Wildman–Crippen LogP) is 4.57. The number of rotatable bonds is 10. The molecule has 2 saturated heterocycles. The van der Waals surface area contributed by atoms with E-state index in [2.05, 4.69) is 14.5 Å². The maximum Gasteiger partial charge on any atom is 0.335 e. The van der Waals surface area contributed by atoms with Crippen LogP contribution in [-0.2, 0) is 30.9 Å². The first-order valence-electron chi connectivity index (χ1n) is 13.8. The van der Waals surface area contributed by atoms with Crippen LogP contribution in [0.4, 0.5) is 4.39 Å². The average molecular weight is 556 g/mol. The number of nitrogens with zero attached hydrogens (tertiary/aromatic N) is 5. The van der Waals surface area contributed by atoms with Crippen molar-refractivity contribution in [2.45, 2.75) is 45.1 Å². The quantitative estimate of drug-likeness (QED) is 0.303. The summed E-state index contributed by atoms with van der Waals surface area (Å²) in [6.07, 6.45) is 2.94. The molecule has 0 saturated carbocycles. The molecule has 2 aromatic carbocycles. The number of fused-ring (bicyclic) bond motifs is 1. The lowest BCUT2D eigenvalue weighted by Gasteiger charge is -2.28. The van der Waals surface area contributed by atoms with Gasteiger partial charge >= 0.3 is 5.97 Å². The standard InChI is InChI=1S/C31H30FN5O4/c32-26-13-20(15-33)4-5-23(26)19-41-30-3-1-2-24(34-30)12-21-8-10-36(16-21)18-29-35-27-7-6-22(31(38)39)14-28(27)37(29)17-25-9-11-40-25/h1-7,13-14,21,25H,8-12,16-19H2,(H,38,39)/t21?,25-/m0/s1. The van der Waals surface area contributed by atoms with Crippen molar-refractivity contribution in [3.05, 3.63) is 88.6 Å². The van der Waals surface area contributed by atoms with Crippen LogP contribution in [0.1, 0.15) is 45.8 Å². The Balaban J connectivity index is 1.09. The largest absolute Gasteiger partial charge is 0.478 e. The Labute approximate surface area is 236 Å². The van der Waals surface area contributed by atoms with E-state index in [1.54, 1.807) is 36.4 Å². The van der Waals surface area contributed by atoms with E-state index in [4.69, 9.17) is 19.7 Å². The number of imidazole rings is 1. The van der Waals surface area contributed by atoms with Gasteiger partial charge in [-0.25, -0.2) is 19.2 Å². The van der Waals surface area contributed by atoms with E-state index in [0.29, 0.717) is 30.5 Å². The Hall–Kier alpha value is -4.33. The first kappa shape index (κ1) is 26.9. The third-order valence-electron chi connectivity index (χ3n) is 7.83. The van der Waals surface area contributed by atoms with Crippen LogP contribution in [-0.4, -0.2) is 56.3 Å². The topological polar surface area (TPSA) is 114 Å². The van der Waals surface area contributed by atoms with Gasteiger partial charge in [0.25, 0.3) is 0 Å². The molecular weight excluding hydrogens is 525 g/mol. The molecule has 2 fully saturated rings. The highest BCUT2D eigenvalue weighted by molar-refractivity contribution is 5.92. The Bertz CT molecular complexity index is 1630. The van der Waals surface area contributed by atoms with Gasteiger partial charge in [-0.05, 0) is 68.1 Å². The number of hydrogen-bond donors (Lipinski definition) is 1. The molecule has 6 rings (SSSR count). The van der Waals surface area contributed by atoms with Gasteiger partial charge < -0.3 is 19.1 Å². The van der Waals surface area contributed by atoms with E-state index in [9.17, 15) is 14.3 Å². The molecule has 0 radical (unpaired) electrons. The first-order chi connectivity index (χ1) is 19.9. The smallest absolute Gasteiger partial charge is 0.335 e. The SMILES string of the molecule is N#Cc1ccc(COc2cccc(CC3CCN(Cc4nc5ccc(C(=O)O)cc5n4C[C@@H]4CCO4)C3)n2)c(F)c1. The lowest BCUT2D eigenvalue weighted by molar-refractivity contribution is -0.0591. The molecule has 2 aromatic heterocycles. The van der Waals surface area contributed by atoms with Gasteiger partial charge in [-0.15, -0.1) is 0 Å². The predicted molar refractivity (Wildman–Crippen MR) is 148 cm³/mol. The number of halogens is 1. The van der Waals surface area contributed by atoms with Crippen LogP contribution in [0, 0.1) is 23.1 Å². The highest BCUT2D eigenvalue weighted by atomic mass is 19.1. The number of likely N-dealkylation sites (tertiary alicyclic amines) is 1. The maximum absolute atomic E-state index is 14.2. The molecule has 2 aliphatic heterocycles. The maximum atomic E-state index is 14.2. The summed E-state index contributed by atoms with van der Waals surface area (Å²) in [5.41, 5.74) is 3.44. The van der Waals surface area contributed by atoms with Gasteiger partial charge in [-0.2, -0.15) is 5.26 Å². The summed E-state index contributed by atoms with van der Waals surface area (Å²) in [6, 6.07) is 17.0. The minimum absolute atomic E-state index is 0.0338. The second kappa shape index (κ2) is 11.6. The molecular formula is C31H30FN5O4. The van der Waals surface area contributed by atoms with Crippen LogP contribution < -0.4 is 4.74 Å². The fourth-order valence-corrected chi connectivity index (χ4v) is 5.52. The third-order valence-corrected chi connectivity index (χ3v) is 7.83. The molecule has 0 aliphatic carbocycles. The lowest BCUT2D eigenvalue weighted by Crippen LogP contribution is -2.32. The van der Waals surface area contributed by atoms with Crippen molar-refractivity contribution < 1.29 is 23.8 Å². The van der Waals surface area contributed by atoms with Crippen molar-refractivity contribution in [1.82, 2.24) is 19.4 Å². The number of hydrogen-bond acceptors (Lipinski definition) is 7. The zero-order valence-electron chi connectivity index (χ0n) is 22.5. The molecule has 2 aliphatic rings. The molecule has 2 atom stereocenters. The monoisotopic (exact) mass is 555 g/mol. The van der Waals surface area contributed by atoms with Crippen molar-refractivity contribution in [2.75, 3.05) is 19.7 Å². The van der Waals surface area contributed by atoms with Gasteiger partial charge in [-0.3, -0.25) is 4.90 Å². The summed E-state index contributed by atoms with van der Waals surface area (Å²) in [7, 11) is 0. The van der Waals surface area contributed by atoms with Crippen LogP contribution in [0.5, 0.6) is 5.88 Å². The molecule has 10 heteroatoms. The van der Waals surface area contributed by atoms with Crippen LogP contribution >= 0.6 is 0 Å². The number of pyridine rings is 1. The number of benzene rings is 2. The molecule has 210 valence electrons. The minimum Gasteiger partial charge on any atom is -0.478 e. The van der Waals surface area contributed by atoms with Gasteiger partial charge in [0.2, 0.25) is 5.88 Å². The van der Waals surface area contributed by atoms with E-state index < -0.39 is 11.8 Å². The zero-order valence-corrected chi connectivity index (χ0v) is 22.5. The van der Waals surface area contributed by atoms with Crippen molar-refractivity contribution >= 4 is 17.0 Å². The van der Waals surface area contributed by atoms with E-state index in [1.165, 1.54) is 6.07 Å². The highest BCUT2D eigenvalue weighted by Crippen LogP contribution is 2.26. The molecule has 0 amide bonds. The third kappa shape index (κ3) is 6.06. The minimum atomic E-state index is -0.951. The van der Waals surface area contributed by atoms with Gasteiger partial charge in [0.1, 0.15) is 18.2 Å². The molecule has 0 spiro atoms. The summed E-state index contributed by atoms with van der Waals surface area (Å²) in [6.45, 7) is 3.96. The second-order valence-electron chi connectivity index (χ2n) is 10.7. The molecule has 0 bridgehead atoms. The van der Waals surface area contributed by atoms with Crippen molar-refractivity contribution in [3.63, 3.8) is 0 Å². The molecule has 4 heterocycles. The number of carboxylic acid groups (broad SMARTS) is 1. The summed E-state index contributed by atoms with van der Waals surface area (Å²) < 4.78 is 27.8. The van der Waals surface area contributed by atoms with Crippen molar-refractivity contribution in [3.8, 4) is 11.9 Å². The van der Waals surface area contributed by atoms with Crippen LogP contribution in [0.15, 0.2) is 54.6 Å². The lowest BCUT2D eigenvalue weighted by atomic mass is 10.0. The zero-order chi connectivity index (χ0) is 28.3. The molecule has 4 aromatic rings. The Morgan fingerprint density at radius 3 is 2.80 bits per heavy atom. The first-order valence-corrected chi connectivity index (χ1v) is 13.8. The fourth-order valence-electron chi connectivity index (χ4n) is 5.52. The second-order valence-corrected chi connectivity index (χ2v) is 10.7. The summed E-state index contributed by atoms with van der Waals surface area (Å²) in [4.78, 5) is 23.5. The molecule has 1 N–H and O–H groups in total. The molecule has 9 nitrogen and oxygen atoms in total. The number of carbonyl (C=O) groups is 1. The van der Waals surface area contributed by atoms with Crippen LogP contribution in [0.3, 0.4) is 0 Å². The van der Waals surface area contributed by atoms with Gasteiger partial charge in [0.05, 0.1) is 47.4 Å². The van der Waals surface area contributed by atoms with Gasteiger partial charge in [-0.1, -0.05) is 12.1 Å². The fraction of sp³-hybridized carbons (Fsp3) is 0.355. The van der Waals surface area contributed by atoms with Gasteiger partial charge in [0, 0.05) is 30.5 Å². The van der Waals surface area contributed by atoms with Crippen LogP contribution in [0.2, 0.25) is 0 Å². The average Bonchev–Trinajstić information content (AvgIpc) is 3.53. The number of carboxylic acids is 1. The Morgan fingerprint density at radius 2 is 2.05 bits per heavy atom. The van der Waals surface area contributed by atoms with E-state index in [0.717, 1.165) is 61.5 Å². The number of aromatic carboxylic acids is 1. The normalized spacial score (nSPS) is 18.7. The number of ether oxygens (including phenoxy) is 2. The number of nitriles is 1. The molecule has 41 heavy (non-hydrogen) atoms. The van der Waals surface area contributed by atoms with E-state index in [-0.39, 0.29) is 23.8 Å². The van der Waals surface area contributed by atoms with Crippen molar-refractivity contribution in [2.24, 2.45) is 5.92 Å². The Morgan fingerprint density at radius 1 is 1.17 bits per heavy atom. The van der Waals surface area contributed by atoms with Gasteiger partial charge in [0.15, 0.2) is 0 Å². The van der Waals surface area contributed by atoms with E-state index >= 15 is 0 Å². The summed E-state index contributed by atoms with van der Waals surface area (Å²) >= 11 is 0. The van der Waals surface area contributed by atoms with E-state index in [1.807, 2.05) is 18.2 Å². The molecule has 1 unspecified atom stereocenters.